The Morgan fingerprint density at radius 1 is 1.50 bits per heavy atom. The standard InChI is InChI=1S/C12H14O2/c1-9(13)8-11-7-6-10-4-2-3-5-12(10)14-11/h2-5,11H,6-8H2,1H3. The summed E-state index contributed by atoms with van der Waals surface area (Å²) in [5, 5.41) is 0. The maximum Gasteiger partial charge on any atom is 0.133 e. The van der Waals surface area contributed by atoms with Crippen LogP contribution in [-0.2, 0) is 11.2 Å². The second kappa shape index (κ2) is 3.82. The average molecular weight is 190 g/mol. The smallest absolute Gasteiger partial charge is 0.133 e. The summed E-state index contributed by atoms with van der Waals surface area (Å²) in [6, 6.07) is 8.05. The molecule has 0 spiro atoms. The Balaban J connectivity index is 2.09. The van der Waals surface area contributed by atoms with Crippen LogP contribution in [0.2, 0.25) is 0 Å². The van der Waals surface area contributed by atoms with Crippen LogP contribution in [0.3, 0.4) is 0 Å². The highest BCUT2D eigenvalue weighted by Gasteiger charge is 2.20. The predicted octanol–water partition coefficient (Wildman–Crippen LogP) is 2.36. The van der Waals surface area contributed by atoms with E-state index in [1.165, 1.54) is 5.56 Å². The molecule has 0 aromatic heterocycles. The Kier molecular flexibility index (Phi) is 2.53. The van der Waals surface area contributed by atoms with Crippen LogP contribution < -0.4 is 4.74 Å². The lowest BCUT2D eigenvalue weighted by atomic mass is 9.99. The van der Waals surface area contributed by atoms with Crippen molar-refractivity contribution in [1.29, 1.82) is 0 Å². The van der Waals surface area contributed by atoms with Crippen molar-refractivity contribution in [3.8, 4) is 5.75 Å². The highest BCUT2D eigenvalue weighted by atomic mass is 16.5. The second-order valence-electron chi connectivity index (χ2n) is 3.79. The fourth-order valence-corrected chi connectivity index (χ4v) is 1.84. The average Bonchev–Trinajstić information content (AvgIpc) is 2.17. The van der Waals surface area contributed by atoms with Crippen LogP contribution in [-0.4, -0.2) is 11.9 Å². The highest BCUT2D eigenvalue weighted by Crippen LogP contribution is 2.28. The summed E-state index contributed by atoms with van der Waals surface area (Å²) in [6.07, 6.45) is 2.60. The topological polar surface area (TPSA) is 26.3 Å². The molecule has 0 aliphatic carbocycles. The zero-order valence-corrected chi connectivity index (χ0v) is 8.32. The van der Waals surface area contributed by atoms with Crippen LogP contribution in [0.5, 0.6) is 5.75 Å². The number of hydrogen-bond donors (Lipinski definition) is 0. The van der Waals surface area contributed by atoms with Crippen molar-refractivity contribution >= 4 is 5.78 Å². The molecule has 1 aromatic carbocycles. The molecule has 0 N–H and O–H groups in total. The van der Waals surface area contributed by atoms with Gasteiger partial charge in [0.05, 0.1) is 0 Å². The first-order valence-electron chi connectivity index (χ1n) is 4.99. The molecule has 0 bridgehead atoms. The molecule has 2 heteroatoms. The maximum atomic E-state index is 10.9. The van der Waals surface area contributed by atoms with Gasteiger partial charge in [0.1, 0.15) is 17.6 Å². The molecule has 1 aliphatic heterocycles. The number of fused-ring (bicyclic) bond motifs is 1. The molecule has 0 saturated carbocycles. The van der Waals surface area contributed by atoms with Crippen molar-refractivity contribution in [3.63, 3.8) is 0 Å². The Morgan fingerprint density at radius 3 is 3.07 bits per heavy atom. The summed E-state index contributed by atoms with van der Waals surface area (Å²) in [7, 11) is 0. The van der Waals surface area contributed by atoms with Gasteiger partial charge in [0.2, 0.25) is 0 Å². The van der Waals surface area contributed by atoms with Crippen LogP contribution in [0.4, 0.5) is 0 Å². The molecule has 1 unspecified atom stereocenters. The van der Waals surface area contributed by atoms with Gasteiger partial charge in [-0.25, -0.2) is 0 Å². The summed E-state index contributed by atoms with van der Waals surface area (Å²) in [4.78, 5) is 10.9. The zero-order chi connectivity index (χ0) is 9.97. The zero-order valence-electron chi connectivity index (χ0n) is 8.32. The monoisotopic (exact) mass is 190 g/mol. The van der Waals surface area contributed by atoms with Gasteiger partial charge in [-0.2, -0.15) is 0 Å². The van der Waals surface area contributed by atoms with Crippen LogP contribution in [0.15, 0.2) is 24.3 Å². The van der Waals surface area contributed by atoms with E-state index in [2.05, 4.69) is 6.07 Å². The molecule has 2 rings (SSSR count). The van der Waals surface area contributed by atoms with E-state index >= 15 is 0 Å². The van der Waals surface area contributed by atoms with Gasteiger partial charge < -0.3 is 4.74 Å². The number of ether oxygens (including phenoxy) is 1. The highest BCUT2D eigenvalue weighted by molar-refractivity contribution is 5.76. The van der Waals surface area contributed by atoms with Gasteiger partial charge in [-0.3, -0.25) is 4.79 Å². The van der Waals surface area contributed by atoms with Crippen LogP contribution in [0.1, 0.15) is 25.3 Å². The molecule has 14 heavy (non-hydrogen) atoms. The predicted molar refractivity (Wildman–Crippen MR) is 54.5 cm³/mol. The van der Waals surface area contributed by atoms with E-state index in [0.717, 1.165) is 18.6 Å². The lowest BCUT2D eigenvalue weighted by molar-refractivity contribution is -0.118. The molecule has 0 saturated heterocycles. The fraction of sp³-hybridized carbons (Fsp3) is 0.417. The Morgan fingerprint density at radius 2 is 2.29 bits per heavy atom. The summed E-state index contributed by atoms with van der Waals surface area (Å²) in [5.74, 6) is 1.15. The minimum Gasteiger partial charge on any atom is -0.490 e. The number of carbonyl (C=O) groups is 1. The van der Waals surface area contributed by atoms with E-state index in [1.54, 1.807) is 6.92 Å². The van der Waals surface area contributed by atoms with E-state index in [0.29, 0.717) is 6.42 Å². The van der Waals surface area contributed by atoms with Crippen molar-refractivity contribution in [2.24, 2.45) is 0 Å². The summed E-state index contributed by atoms with van der Waals surface area (Å²) < 4.78 is 5.72. The van der Waals surface area contributed by atoms with Crippen LogP contribution in [0, 0.1) is 0 Å². The SMILES string of the molecule is CC(=O)CC1CCc2ccccc2O1. The van der Waals surface area contributed by atoms with Gasteiger partial charge in [-0.1, -0.05) is 18.2 Å². The number of benzene rings is 1. The first-order chi connectivity index (χ1) is 6.75. The van der Waals surface area contributed by atoms with Gasteiger partial charge >= 0.3 is 0 Å². The molecular weight excluding hydrogens is 176 g/mol. The van der Waals surface area contributed by atoms with E-state index in [-0.39, 0.29) is 11.9 Å². The summed E-state index contributed by atoms with van der Waals surface area (Å²) >= 11 is 0. The molecule has 1 heterocycles. The van der Waals surface area contributed by atoms with Crippen molar-refractivity contribution in [2.75, 3.05) is 0 Å². The fourth-order valence-electron chi connectivity index (χ4n) is 1.84. The molecule has 0 fully saturated rings. The van der Waals surface area contributed by atoms with E-state index in [1.807, 2.05) is 18.2 Å². The van der Waals surface area contributed by atoms with Gasteiger partial charge in [0, 0.05) is 6.42 Å². The summed E-state index contributed by atoms with van der Waals surface area (Å²) in [6.45, 7) is 1.61. The van der Waals surface area contributed by atoms with E-state index in [9.17, 15) is 4.79 Å². The van der Waals surface area contributed by atoms with Gasteiger partial charge in [-0.15, -0.1) is 0 Å². The third-order valence-electron chi connectivity index (χ3n) is 2.52. The number of Topliss-reactive ketones (excluding diaryl/α,β-unsaturated/α-hetero) is 1. The molecule has 1 aromatic rings. The van der Waals surface area contributed by atoms with Crippen molar-refractivity contribution < 1.29 is 9.53 Å². The number of hydrogen-bond acceptors (Lipinski definition) is 2. The number of rotatable bonds is 2. The first kappa shape index (κ1) is 9.25. The Hall–Kier alpha value is -1.31. The largest absolute Gasteiger partial charge is 0.490 e. The molecular formula is C12H14O2. The van der Waals surface area contributed by atoms with E-state index < -0.39 is 0 Å². The molecule has 0 radical (unpaired) electrons. The third kappa shape index (κ3) is 1.95. The normalized spacial score (nSPS) is 19.6. The number of aryl methyl sites for hydroxylation is 1. The minimum absolute atomic E-state index is 0.0856. The number of carbonyl (C=O) groups excluding carboxylic acids is 1. The summed E-state index contributed by atoms with van der Waals surface area (Å²) in [5.41, 5.74) is 1.26. The Bertz CT molecular complexity index is 344. The van der Waals surface area contributed by atoms with Crippen molar-refractivity contribution in [3.05, 3.63) is 29.8 Å². The van der Waals surface area contributed by atoms with Gasteiger partial charge in [-0.05, 0) is 31.4 Å². The Labute approximate surface area is 83.9 Å². The molecule has 74 valence electrons. The van der Waals surface area contributed by atoms with Crippen LogP contribution in [0.25, 0.3) is 0 Å². The van der Waals surface area contributed by atoms with E-state index in [4.69, 9.17) is 4.74 Å². The molecule has 1 atom stereocenters. The van der Waals surface area contributed by atoms with Crippen molar-refractivity contribution in [1.82, 2.24) is 0 Å². The lowest BCUT2D eigenvalue weighted by Gasteiger charge is -2.25. The van der Waals surface area contributed by atoms with Gasteiger partial charge in [0.15, 0.2) is 0 Å². The molecule has 2 nitrogen and oxygen atoms in total. The molecule has 0 amide bonds. The van der Waals surface area contributed by atoms with Crippen LogP contribution >= 0.6 is 0 Å². The number of ketones is 1. The third-order valence-corrected chi connectivity index (χ3v) is 2.52. The lowest BCUT2D eigenvalue weighted by Crippen LogP contribution is -2.24. The maximum absolute atomic E-state index is 10.9. The van der Waals surface area contributed by atoms with Gasteiger partial charge in [0.25, 0.3) is 0 Å². The second-order valence-corrected chi connectivity index (χ2v) is 3.79. The quantitative estimate of drug-likeness (QED) is 0.715. The molecule has 1 aliphatic rings. The first-order valence-corrected chi connectivity index (χ1v) is 4.99. The number of para-hydroxylation sites is 1. The minimum atomic E-state index is 0.0856. The van der Waals surface area contributed by atoms with Crippen molar-refractivity contribution in [2.45, 2.75) is 32.3 Å².